The van der Waals surface area contributed by atoms with E-state index < -0.39 is 6.04 Å². The minimum Gasteiger partial charge on any atom is -0.352 e. The molecule has 1 N–H and O–H groups in total. The predicted octanol–water partition coefficient (Wildman–Crippen LogP) is 5.10. The SMILES string of the molecule is CCCC(=O)N(Cc1ccc(Br)cc1)[C@@H](Cc1ccccc1)C(=O)N[C@@H](C)CC. The summed E-state index contributed by atoms with van der Waals surface area (Å²) in [6.07, 6.45) is 2.52. The number of hydrogen-bond donors (Lipinski definition) is 1. The van der Waals surface area contributed by atoms with Crippen LogP contribution in [0, 0.1) is 0 Å². The van der Waals surface area contributed by atoms with Gasteiger partial charge in [-0.3, -0.25) is 9.59 Å². The van der Waals surface area contributed by atoms with Crippen LogP contribution in [-0.2, 0) is 22.6 Å². The second-order valence-electron chi connectivity index (χ2n) is 7.42. The van der Waals surface area contributed by atoms with E-state index in [2.05, 4.69) is 21.2 Å². The zero-order valence-corrected chi connectivity index (χ0v) is 19.1. The molecule has 29 heavy (non-hydrogen) atoms. The Bertz CT molecular complexity index is 777. The summed E-state index contributed by atoms with van der Waals surface area (Å²) >= 11 is 3.45. The molecule has 0 heterocycles. The number of halogens is 1. The fraction of sp³-hybridized carbons (Fsp3) is 0.417. The highest BCUT2D eigenvalue weighted by molar-refractivity contribution is 9.10. The predicted molar refractivity (Wildman–Crippen MR) is 121 cm³/mol. The molecule has 0 aliphatic carbocycles. The number of carbonyl (C=O) groups is 2. The smallest absolute Gasteiger partial charge is 0.243 e. The lowest BCUT2D eigenvalue weighted by molar-refractivity contribution is -0.141. The molecule has 2 atom stereocenters. The molecule has 0 aliphatic rings. The van der Waals surface area contributed by atoms with Gasteiger partial charge < -0.3 is 10.2 Å². The summed E-state index contributed by atoms with van der Waals surface area (Å²) in [6, 6.07) is 17.3. The van der Waals surface area contributed by atoms with E-state index in [9.17, 15) is 9.59 Å². The van der Waals surface area contributed by atoms with Crippen molar-refractivity contribution in [1.29, 1.82) is 0 Å². The molecule has 0 bridgehead atoms. The molecule has 0 fully saturated rings. The van der Waals surface area contributed by atoms with Crippen LogP contribution in [0.15, 0.2) is 59.1 Å². The van der Waals surface area contributed by atoms with Crippen molar-refractivity contribution in [2.45, 2.75) is 65.1 Å². The van der Waals surface area contributed by atoms with Gasteiger partial charge in [0.1, 0.15) is 6.04 Å². The third kappa shape index (κ3) is 7.32. The fourth-order valence-electron chi connectivity index (χ4n) is 3.14. The molecule has 0 aromatic heterocycles. The topological polar surface area (TPSA) is 49.4 Å². The number of nitrogens with one attached hydrogen (secondary N) is 1. The van der Waals surface area contributed by atoms with Crippen LogP contribution in [0.3, 0.4) is 0 Å². The Balaban J connectivity index is 2.35. The molecular weight excluding hydrogens is 428 g/mol. The summed E-state index contributed by atoms with van der Waals surface area (Å²) < 4.78 is 0.989. The van der Waals surface area contributed by atoms with E-state index in [-0.39, 0.29) is 17.9 Å². The molecule has 2 aromatic rings. The van der Waals surface area contributed by atoms with Gasteiger partial charge in [-0.05, 0) is 43.0 Å². The lowest BCUT2D eigenvalue weighted by Crippen LogP contribution is -2.52. The molecule has 2 amide bonds. The maximum Gasteiger partial charge on any atom is 0.243 e. The van der Waals surface area contributed by atoms with Crippen molar-refractivity contribution in [1.82, 2.24) is 10.2 Å². The van der Waals surface area contributed by atoms with Crippen molar-refractivity contribution in [3.8, 4) is 0 Å². The van der Waals surface area contributed by atoms with E-state index in [0.29, 0.717) is 19.4 Å². The Morgan fingerprint density at radius 1 is 1.00 bits per heavy atom. The van der Waals surface area contributed by atoms with Gasteiger partial charge in [-0.2, -0.15) is 0 Å². The lowest BCUT2D eigenvalue weighted by atomic mass is 10.0. The maximum atomic E-state index is 13.2. The standard InChI is InChI=1S/C24H31BrN2O2/c1-4-9-23(28)27(17-20-12-14-21(25)15-13-20)22(24(29)26-18(3)5-2)16-19-10-7-6-8-11-19/h6-8,10-15,18,22H,4-5,9,16-17H2,1-3H3,(H,26,29)/t18-,22-/m0/s1. The Labute approximate surface area is 182 Å². The summed E-state index contributed by atoms with van der Waals surface area (Å²) in [5.41, 5.74) is 2.05. The fourth-order valence-corrected chi connectivity index (χ4v) is 3.40. The average molecular weight is 459 g/mol. The van der Waals surface area contributed by atoms with Crippen molar-refractivity contribution >= 4 is 27.7 Å². The van der Waals surface area contributed by atoms with Crippen LogP contribution in [0.1, 0.15) is 51.2 Å². The first kappa shape index (κ1) is 23.1. The van der Waals surface area contributed by atoms with E-state index >= 15 is 0 Å². The summed E-state index contributed by atoms with van der Waals surface area (Å²) in [5.74, 6) is -0.0829. The Morgan fingerprint density at radius 3 is 2.24 bits per heavy atom. The molecular formula is C24H31BrN2O2. The molecule has 2 aromatic carbocycles. The number of rotatable bonds is 10. The van der Waals surface area contributed by atoms with Crippen molar-refractivity contribution in [2.24, 2.45) is 0 Å². The molecule has 0 spiro atoms. The number of benzene rings is 2. The van der Waals surface area contributed by atoms with Gasteiger partial charge in [-0.15, -0.1) is 0 Å². The van der Waals surface area contributed by atoms with Gasteiger partial charge in [0, 0.05) is 29.9 Å². The van der Waals surface area contributed by atoms with Crippen molar-refractivity contribution in [2.75, 3.05) is 0 Å². The van der Waals surface area contributed by atoms with E-state index in [1.807, 2.05) is 75.4 Å². The number of hydrogen-bond acceptors (Lipinski definition) is 2. The first-order chi connectivity index (χ1) is 13.9. The number of amides is 2. The number of carbonyl (C=O) groups excluding carboxylic acids is 2. The molecule has 0 radical (unpaired) electrons. The molecule has 4 nitrogen and oxygen atoms in total. The van der Waals surface area contributed by atoms with Gasteiger partial charge in [-0.1, -0.05) is 72.2 Å². The van der Waals surface area contributed by atoms with E-state index in [1.54, 1.807) is 4.90 Å². The minimum absolute atomic E-state index is 0.00986. The second kappa shape index (κ2) is 11.8. The highest BCUT2D eigenvalue weighted by Gasteiger charge is 2.30. The highest BCUT2D eigenvalue weighted by atomic mass is 79.9. The Kier molecular flexibility index (Phi) is 9.39. The van der Waals surface area contributed by atoms with Crippen LogP contribution in [-0.4, -0.2) is 28.8 Å². The third-order valence-electron chi connectivity index (χ3n) is 5.00. The Morgan fingerprint density at radius 2 is 1.66 bits per heavy atom. The molecule has 0 saturated carbocycles. The summed E-state index contributed by atoms with van der Waals surface area (Å²) in [5, 5.41) is 3.08. The Hall–Kier alpha value is -2.14. The van der Waals surface area contributed by atoms with Crippen molar-refractivity contribution < 1.29 is 9.59 Å². The first-order valence-electron chi connectivity index (χ1n) is 10.3. The van der Waals surface area contributed by atoms with Gasteiger partial charge in [0.25, 0.3) is 0 Å². The van der Waals surface area contributed by atoms with E-state index in [4.69, 9.17) is 0 Å². The van der Waals surface area contributed by atoms with E-state index in [1.165, 1.54) is 0 Å². The average Bonchev–Trinajstić information content (AvgIpc) is 2.72. The van der Waals surface area contributed by atoms with E-state index in [0.717, 1.165) is 28.4 Å². The van der Waals surface area contributed by atoms with Gasteiger partial charge in [0.2, 0.25) is 11.8 Å². The molecule has 0 aliphatic heterocycles. The molecule has 0 unspecified atom stereocenters. The van der Waals surface area contributed by atoms with Crippen LogP contribution in [0.2, 0.25) is 0 Å². The minimum atomic E-state index is -0.547. The molecule has 5 heteroatoms. The zero-order chi connectivity index (χ0) is 21.2. The highest BCUT2D eigenvalue weighted by Crippen LogP contribution is 2.18. The van der Waals surface area contributed by atoms with Crippen LogP contribution in [0.25, 0.3) is 0 Å². The van der Waals surface area contributed by atoms with Gasteiger partial charge in [0.05, 0.1) is 0 Å². The number of nitrogens with zero attached hydrogens (tertiary/aromatic N) is 1. The largest absolute Gasteiger partial charge is 0.352 e. The molecule has 2 rings (SSSR count). The lowest BCUT2D eigenvalue weighted by Gasteiger charge is -2.32. The van der Waals surface area contributed by atoms with Gasteiger partial charge in [0.15, 0.2) is 0 Å². The summed E-state index contributed by atoms with van der Waals surface area (Å²) in [4.78, 5) is 28.0. The third-order valence-corrected chi connectivity index (χ3v) is 5.53. The van der Waals surface area contributed by atoms with Gasteiger partial charge >= 0.3 is 0 Å². The van der Waals surface area contributed by atoms with Crippen molar-refractivity contribution in [3.63, 3.8) is 0 Å². The van der Waals surface area contributed by atoms with Crippen LogP contribution >= 0.6 is 15.9 Å². The summed E-state index contributed by atoms with van der Waals surface area (Å²) in [6.45, 7) is 6.43. The van der Waals surface area contributed by atoms with Crippen LogP contribution < -0.4 is 5.32 Å². The monoisotopic (exact) mass is 458 g/mol. The van der Waals surface area contributed by atoms with Crippen LogP contribution in [0.5, 0.6) is 0 Å². The zero-order valence-electron chi connectivity index (χ0n) is 17.5. The molecule has 0 saturated heterocycles. The quantitative estimate of drug-likeness (QED) is 0.537. The van der Waals surface area contributed by atoms with Crippen molar-refractivity contribution in [3.05, 3.63) is 70.2 Å². The second-order valence-corrected chi connectivity index (χ2v) is 8.34. The van der Waals surface area contributed by atoms with Gasteiger partial charge in [-0.25, -0.2) is 0 Å². The molecule has 156 valence electrons. The maximum absolute atomic E-state index is 13.2. The summed E-state index contributed by atoms with van der Waals surface area (Å²) in [7, 11) is 0. The first-order valence-corrected chi connectivity index (χ1v) is 11.1. The normalized spacial score (nSPS) is 12.8. The van der Waals surface area contributed by atoms with Crippen LogP contribution in [0.4, 0.5) is 0 Å².